The third-order valence-electron chi connectivity index (χ3n) is 1.58. The van der Waals surface area contributed by atoms with Crippen LogP contribution in [0.4, 0.5) is 0 Å². The molecule has 0 fully saturated rings. The lowest BCUT2D eigenvalue weighted by Gasteiger charge is -1.95. The van der Waals surface area contributed by atoms with Crippen molar-refractivity contribution >= 4 is 18.0 Å². The third kappa shape index (κ3) is 3.51. The van der Waals surface area contributed by atoms with Crippen LogP contribution in [-0.2, 0) is 9.59 Å². The number of aromatic hydroxyl groups is 1. The highest BCUT2D eigenvalue weighted by atomic mass is 16.4. The number of carboxylic acids is 1. The molecule has 5 nitrogen and oxygen atoms in total. The fourth-order valence-corrected chi connectivity index (χ4v) is 0.861. The molecule has 0 aliphatic heterocycles. The van der Waals surface area contributed by atoms with E-state index in [0.717, 1.165) is 5.56 Å². The molecule has 0 atom stereocenters. The van der Waals surface area contributed by atoms with Crippen molar-refractivity contribution in [1.29, 1.82) is 0 Å². The summed E-state index contributed by atoms with van der Waals surface area (Å²) in [6.45, 7) is 0. The SMILES string of the molecule is O=C(O)C(=O)N/C=C/c1ccc(O)cc1. The molecule has 1 amide bonds. The van der Waals surface area contributed by atoms with E-state index in [1.807, 2.05) is 0 Å². The molecule has 3 N–H and O–H groups in total. The summed E-state index contributed by atoms with van der Waals surface area (Å²) in [6.07, 6.45) is 2.74. The second-order valence-electron chi connectivity index (χ2n) is 2.70. The largest absolute Gasteiger partial charge is 0.508 e. The van der Waals surface area contributed by atoms with E-state index in [-0.39, 0.29) is 5.75 Å². The molecule has 0 unspecified atom stereocenters. The quantitative estimate of drug-likeness (QED) is 0.618. The first-order valence-corrected chi connectivity index (χ1v) is 4.09. The second kappa shape index (κ2) is 4.80. The van der Waals surface area contributed by atoms with Crippen LogP contribution >= 0.6 is 0 Å². The number of aliphatic carboxylic acids is 1. The van der Waals surface area contributed by atoms with Crippen molar-refractivity contribution in [3.05, 3.63) is 36.0 Å². The number of nitrogens with one attached hydrogen (secondary N) is 1. The minimum Gasteiger partial charge on any atom is -0.508 e. The van der Waals surface area contributed by atoms with Crippen LogP contribution in [0.25, 0.3) is 6.08 Å². The Hall–Kier alpha value is -2.30. The van der Waals surface area contributed by atoms with Crippen molar-refractivity contribution < 1.29 is 19.8 Å². The average molecular weight is 207 g/mol. The van der Waals surface area contributed by atoms with Gasteiger partial charge in [0.1, 0.15) is 5.75 Å². The zero-order chi connectivity index (χ0) is 11.3. The second-order valence-corrected chi connectivity index (χ2v) is 2.70. The number of amides is 1. The first-order chi connectivity index (χ1) is 7.09. The lowest BCUT2D eigenvalue weighted by Crippen LogP contribution is -2.25. The van der Waals surface area contributed by atoms with E-state index in [9.17, 15) is 9.59 Å². The van der Waals surface area contributed by atoms with Crippen molar-refractivity contribution in [3.63, 3.8) is 0 Å². The van der Waals surface area contributed by atoms with E-state index in [1.54, 1.807) is 12.1 Å². The zero-order valence-electron chi connectivity index (χ0n) is 7.68. The highest BCUT2D eigenvalue weighted by Gasteiger charge is 2.06. The standard InChI is InChI=1S/C10H9NO4/c12-8-3-1-7(2-4-8)5-6-11-9(13)10(14)15/h1-6,12H,(H,11,13)(H,14,15)/b6-5+. The number of benzene rings is 1. The first kappa shape index (κ1) is 10.8. The molecule has 0 aliphatic rings. The average Bonchev–Trinajstić information content (AvgIpc) is 2.20. The minimum atomic E-state index is -1.54. The van der Waals surface area contributed by atoms with Crippen LogP contribution in [0.5, 0.6) is 5.75 Å². The molecule has 0 radical (unpaired) electrons. The van der Waals surface area contributed by atoms with Crippen LogP contribution in [-0.4, -0.2) is 22.1 Å². The Balaban J connectivity index is 2.55. The molecule has 1 aromatic carbocycles. The molecule has 0 saturated heterocycles. The summed E-state index contributed by atoms with van der Waals surface area (Å²) in [6, 6.07) is 6.22. The smallest absolute Gasteiger partial charge is 0.394 e. The van der Waals surface area contributed by atoms with Gasteiger partial charge in [-0.05, 0) is 23.8 Å². The maximum Gasteiger partial charge on any atom is 0.394 e. The normalized spacial score (nSPS) is 10.1. The van der Waals surface area contributed by atoms with Crippen molar-refractivity contribution in [2.45, 2.75) is 0 Å². The fourth-order valence-electron chi connectivity index (χ4n) is 0.861. The predicted molar refractivity (Wildman–Crippen MR) is 52.9 cm³/mol. The number of hydrogen-bond donors (Lipinski definition) is 3. The molecule has 0 heterocycles. The molecule has 15 heavy (non-hydrogen) atoms. The highest BCUT2D eigenvalue weighted by molar-refractivity contribution is 6.31. The van der Waals surface area contributed by atoms with E-state index in [0.29, 0.717) is 0 Å². The number of phenolic OH excluding ortho intramolecular Hbond substituents is 1. The van der Waals surface area contributed by atoms with Crippen molar-refractivity contribution in [2.24, 2.45) is 0 Å². The lowest BCUT2D eigenvalue weighted by atomic mass is 10.2. The number of hydrogen-bond acceptors (Lipinski definition) is 3. The Morgan fingerprint density at radius 1 is 1.20 bits per heavy atom. The number of carboxylic acid groups (broad SMARTS) is 1. The molecule has 0 bridgehead atoms. The van der Waals surface area contributed by atoms with Crippen LogP contribution in [0, 0.1) is 0 Å². The maximum atomic E-state index is 10.6. The summed E-state index contributed by atoms with van der Waals surface area (Å²) >= 11 is 0. The fraction of sp³-hybridized carbons (Fsp3) is 0. The lowest BCUT2D eigenvalue weighted by molar-refractivity contribution is -0.149. The topological polar surface area (TPSA) is 86.6 Å². The molecule has 1 aromatic rings. The Kier molecular flexibility index (Phi) is 3.45. The van der Waals surface area contributed by atoms with Gasteiger partial charge in [0.2, 0.25) is 0 Å². The summed E-state index contributed by atoms with van der Waals surface area (Å²) in [7, 11) is 0. The molecule has 0 spiro atoms. The Morgan fingerprint density at radius 3 is 2.33 bits per heavy atom. The van der Waals surface area contributed by atoms with E-state index in [4.69, 9.17) is 10.2 Å². The van der Waals surface area contributed by atoms with Crippen LogP contribution < -0.4 is 5.32 Å². The molecule has 0 aromatic heterocycles. The Bertz CT molecular complexity index is 394. The van der Waals surface area contributed by atoms with Gasteiger partial charge in [-0.15, -0.1) is 0 Å². The van der Waals surface area contributed by atoms with Crippen LogP contribution in [0.1, 0.15) is 5.56 Å². The van der Waals surface area contributed by atoms with Gasteiger partial charge in [-0.25, -0.2) is 4.79 Å². The van der Waals surface area contributed by atoms with Gasteiger partial charge in [-0.3, -0.25) is 4.79 Å². The van der Waals surface area contributed by atoms with Crippen LogP contribution in [0.15, 0.2) is 30.5 Å². The molecule has 1 rings (SSSR count). The summed E-state index contributed by atoms with van der Waals surface area (Å²) < 4.78 is 0. The number of carbonyl (C=O) groups excluding carboxylic acids is 1. The summed E-state index contributed by atoms with van der Waals surface area (Å²) in [5.74, 6) is -2.49. The number of carbonyl (C=O) groups is 2. The third-order valence-corrected chi connectivity index (χ3v) is 1.58. The van der Waals surface area contributed by atoms with E-state index in [1.165, 1.54) is 24.4 Å². The van der Waals surface area contributed by atoms with Crippen molar-refractivity contribution in [3.8, 4) is 5.75 Å². The highest BCUT2D eigenvalue weighted by Crippen LogP contribution is 2.10. The van der Waals surface area contributed by atoms with Gasteiger partial charge in [-0.1, -0.05) is 12.1 Å². The minimum absolute atomic E-state index is 0.140. The first-order valence-electron chi connectivity index (χ1n) is 4.09. The van der Waals surface area contributed by atoms with E-state index >= 15 is 0 Å². The number of rotatable bonds is 2. The van der Waals surface area contributed by atoms with Gasteiger partial charge in [0, 0.05) is 6.20 Å². The van der Waals surface area contributed by atoms with Gasteiger partial charge >= 0.3 is 11.9 Å². The van der Waals surface area contributed by atoms with Crippen molar-refractivity contribution in [2.75, 3.05) is 0 Å². The van der Waals surface area contributed by atoms with Gasteiger partial charge in [0.05, 0.1) is 0 Å². The Morgan fingerprint density at radius 2 is 1.80 bits per heavy atom. The van der Waals surface area contributed by atoms with Gasteiger partial charge < -0.3 is 15.5 Å². The number of phenols is 1. The molecule has 0 aliphatic carbocycles. The van der Waals surface area contributed by atoms with Gasteiger partial charge in [0.15, 0.2) is 0 Å². The zero-order valence-corrected chi connectivity index (χ0v) is 7.68. The van der Waals surface area contributed by atoms with Crippen LogP contribution in [0.2, 0.25) is 0 Å². The van der Waals surface area contributed by atoms with Gasteiger partial charge in [-0.2, -0.15) is 0 Å². The van der Waals surface area contributed by atoms with E-state index in [2.05, 4.69) is 5.32 Å². The summed E-state index contributed by atoms with van der Waals surface area (Å²) in [5, 5.41) is 19.3. The maximum absolute atomic E-state index is 10.6. The molecule has 0 saturated carbocycles. The van der Waals surface area contributed by atoms with Crippen LogP contribution in [0.3, 0.4) is 0 Å². The summed E-state index contributed by atoms with van der Waals surface area (Å²) in [4.78, 5) is 20.7. The monoisotopic (exact) mass is 207 g/mol. The molecule has 5 heteroatoms. The van der Waals surface area contributed by atoms with Gasteiger partial charge in [0.25, 0.3) is 0 Å². The Labute approximate surface area is 85.7 Å². The van der Waals surface area contributed by atoms with Crippen molar-refractivity contribution in [1.82, 2.24) is 5.32 Å². The molecule has 78 valence electrons. The molecular weight excluding hydrogens is 198 g/mol. The van der Waals surface area contributed by atoms with E-state index < -0.39 is 11.9 Å². The predicted octanol–water partition coefficient (Wildman–Crippen LogP) is 0.564. The summed E-state index contributed by atoms with van der Waals surface area (Å²) in [5.41, 5.74) is 0.735. The molecular formula is C10H9NO4.